The number of piperidine rings is 1. The van der Waals surface area contributed by atoms with E-state index in [2.05, 4.69) is 37.4 Å². The van der Waals surface area contributed by atoms with Gasteiger partial charge in [-0.05, 0) is 73.4 Å². The SMILES string of the molecule is CC(C)CN(C(=O)C=Cc1ccoc1)c1cccc2c1C[C@H]1NCC[C@@]23CCCC[C@@H]13. The summed E-state index contributed by atoms with van der Waals surface area (Å²) in [4.78, 5) is 15.4. The Morgan fingerprint density at radius 3 is 3.00 bits per heavy atom. The molecule has 1 aliphatic heterocycles. The molecule has 2 aliphatic carbocycles. The van der Waals surface area contributed by atoms with Crippen molar-refractivity contribution in [1.29, 1.82) is 0 Å². The first-order chi connectivity index (χ1) is 15.1. The number of nitrogens with zero attached hydrogens (tertiary/aromatic N) is 1. The van der Waals surface area contributed by atoms with Gasteiger partial charge in [-0.2, -0.15) is 0 Å². The third-order valence-corrected chi connectivity index (χ3v) is 7.74. The highest BCUT2D eigenvalue weighted by atomic mass is 16.3. The number of anilines is 1. The lowest BCUT2D eigenvalue weighted by Gasteiger charge is -2.56. The number of benzene rings is 1. The number of hydrogen-bond donors (Lipinski definition) is 1. The van der Waals surface area contributed by atoms with E-state index >= 15 is 0 Å². The number of carbonyl (C=O) groups is 1. The topological polar surface area (TPSA) is 45.5 Å². The Morgan fingerprint density at radius 1 is 1.29 bits per heavy atom. The minimum absolute atomic E-state index is 0.0460. The number of nitrogens with one attached hydrogen (secondary N) is 1. The molecule has 0 radical (unpaired) electrons. The van der Waals surface area contributed by atoms with Crippen molar-refractivity contribution in [2.75, 3.05) is 18.0 Å². The van der Waals surface area contributed by atoms with E-state index < -0.39 is 0 Å². The molecule has 1 aromatic heterocycles. The highest BCUT2D eigenvalue weighted by molar-refractivity contribution is 6.04. The quantitative estimate of drug-likeness (QED) is 0.668. The Morgan fingerprint density at radius 2 is 2.19 bits per heavy atom. The van der Waals surface area contributed by atoms with E-state index in [1.807, 2.05) is 17.0 Å². The van der Waals surface area contributed by atoms with Gasteiger partial charge in [0.1, 0.15) is 0 Å². The maximum absolute atomic E-state index is 13.4. The van der Waals surface area contributed by atoms with Crippen LogP contribution >= 0.6 is 0 Å². The highest BCUT2D eigenvalue weighted by Gasteiger charge is 2.52. The van der Waals surface area contributed by atoms with Gasteiger partial charge in [-0.3, -0.25) is 4.79 Å². The van der Waals surface area contributed by atoms with E-state index in [1.54, 1.807) is 18.6 Å². The lowest BCUT2D eigenvalue weighted by molar-refractivity contribution is -0.114. The van der Waals surface area contributed by atoms with Gasteiger partial charge in [0.15, 0.2) is 0 Å². The minimum Gasteiger partial charge on any atom is -0.472 e. The fourth-order valence-electron chi connectivity index (χ4n) is 6.50. The van der Waals surface area contributed by atoms with Crippen LogP contribution in [0.15, 0.2) is 47.3 Å². The second-order valence-corrected chi connectivity index (χ2v) is 10.1. The number of rotatable bonds is 5. The summed E-state index contributed by atoms with van der Waals surface area (Å²) in [6.07, 6.45) is 14.4. The van der Waals surface area contributed by atoms with Gasteiger partial charge in [-0.15, -0.1) is 0 Å². The third-order valence-electron chi connectivity index (χ3n) is 7.74. The summed E-state index contributed by atoms with van der Waals surface area (Å²) in [6, 6.07) is 9.14. The second kappa shape index (κ2) is 8.31. The zero-order valence-electron chi connectivity index (χ0n) is 18.8. The van der Waals surface area contributed by atoms with Gasteiger partial charge in [0.05, 0.1) is 12.5 Å². The van der Waals surface area contributed by atoms with Gasteiger partial charge >= 0.3 is 0 Å². The summed E-state index contributed by atoms with van der Waals surface area (Å²) >= 11 is 0. The molecule has 4 heteroatoms. The predicted molar refractivity (Wildman–Crippen MR) is 125 cm³/mol. The Hall–Kier alpha value is -2.33. The van der Waals surface area contributed by atoms with Crippen LogP contribution in [0.25, 0.3) is 6.08 Å². The van der Waals surface area contributed by atoms with Gasteiger partial charge in [-0.25, -0.2) is 0 Å². The molecule has 5 rings (SSSR count). The number of amides is 1. The van der Waals surface area contributed by atoms with Gasteiger partial charge in [-0.1, -0.05) is 38.8 Å². The van der Waals surface area contributed by atoms with E-state index in [0.717, 1.165) is 36.7 Å². The molecule has 1 saturated heterocycles. The summed E-state index contributed by atoms with van der Waals surface area (Å²) in [7, 11) is 0. The van der Waals surface area contributed by atoms with Crippen LogP contribution in [-0.4, -0.2) is 25.0 Å². The van der Waals surface area contributed by atoms with Crippen LogP contribution in [0.4, 0.5) is 5.69 Å². The largest absolute Gasteiger partial charge is 0.472 e. The Labute approximate surface area is 185 Å². The van der Waals surface area contributed by atoms with E-state index in [0.29, 0.717) is 17.4 Å². The molecular weight excluding hydrogens is 384 g/mol. The van der Waals surface area contributed by atoms with Crippen molar-refractivity contribution >= 4 is 17.7 Å². The molecule has 1 saturated carbocycles. The molecule has 3 atom stereocenters. The zero-order chi connectivity index (χ0) is 21.4. The molecule has 1 amide bonds. The predicted octanol–water partition coefficient (Wildman–Crippen LogP) is 5.33. The van der Waals surface area contributed by atoms with Crippen molar-refractivity contribution in [3.8, 4) is 0 Å². The smallest absolute Gasteiger partial charge is 0.251 e. The van der Waals surface area contributed by atoms with E-state index in [1.165, 1.54) is 43.2 Å². The van der Waals surface area contributed by atoms with Crippen LogP contribution in [0.2, 0.25) is 0 Å². The summed E-state index contributed by atoms with van der Waals surface area (Å²) in [5.41, 5.74) is 5.27. The van der Waals surface area contributed by atoms with Gasteiger partial charge in [0.2, 0.25) is 0 Å². The third kappa shape index (κ3) is 3.65. The number of furan rings is 1. The van der Waals surface area contributed by atoms with Crippen LogP contribution in [0.1, 0.15) is 62.6 Å². The first kappa shape index (κ1) is 20.6. The fraction of sp³-hybridized carbons (Fsp3) is 0.519. The van der Waals surface area contributed by atoms with Gasteiger partial charge in [0.25, 0.3) is 5.91 Å². The molecule has 2 fully saturated rings. The molecule has 4 nitrogen and oxygen atoms in total. The standard InChI is InChI=1S/C27H34N2O2/c1-19(2)17-29(26(30)10-9-20-11-15-31-18-20)25-8-5-7-22-21(25)16-24-23-6-3-4-12-27(22,23)13-14-28-24/h5,7-11,15,18-19,23-24,28H,3-4,6,12-14,16-17H2,1-2H3/t23-,24+,27-/m0/s1. The molecule has 164 valence electrons. The zero-order valence-corrected chi connectivity index (χ0v) is 18.8. The van der Waals surface area contributed by atoms with Crippen LogP contribution in [0.3, 0.4) is 0 Å². The van der Waals surface area contributed by atoms with Crippen molar-refractivity contribution in [2.45, 2.75) is 63.8 Å². The molecule has 2 heterocycles. The maximum atomic E-state index is 13.4. The van der Waals surface area contributed by atoms with Crippen LogP contribution in [0.5, 0.6) is 0 Å². The maximum Gasteiger partial charge on any atom is 0.251 e. The monoisotopic (exact) mass is 418 g/mol. The normalized spacial score (nSPS) is 27.2. The Bertz CT molecular complexity index is 958. The van der Waals surface area contributed by atoms with Gasteiger partial charge < -0.3 is 14.6 Å². The number of carbonyl (C=O) groups excluding carboxylic acids is 1. The summed E-state index contributed by atoms with van der Waals surface area (Å²) in [5, 5.41) is 3.84. The molecule has 0 spiro atoms. The lowest BCUT2D eigenvalue weighted by atomic mass is 9.52. The number of hydrogen-bond acceptors (Lipinski definition) is 3. The van der Waals surface area contributed by atoms with E-state index in [4.69, 9.17) is 4.42 Å². The summed E-state index contributed by atoms with van der Waals surface area (Å²) < 4.78 is 5.14. The summed E-state index contributed by atoms with van der Waals surface area (Å²) in [6.45, 7) is 6.20. The Kier molecular flexibility index (Phi) is 5.51. The van der Waals surface area contributed by atoms with Crippen molar-refractivity contribution in [1.82, 2.24) is 5.32 Å². The van der Waals surface area contributed by atoms with E-state index in [9.17, 15) is 4.79 Å². The van der Waals surface area contributed by atoms with E-state index in [-0.39, 0.29) is 5.91 Å². The average Bonchev–Trinajstić information content (AvgIpc) is 3.29. The summed E-state index contributed by atoms with van der Waals surface area (Å²) in [5.74, 6) is 1.18. The second-order valence-electron chi connectivity index (χ2n) is 10.1. The minimum atomic E-state index is 0.0460. The first-order valence-corrected chi connectivity index (χ1v) is 12.0. The average molecular weight is 419 g/mol. The van der Waals surface area contributed by atoms with Crippen LogP contribution in [0, 0.1) is 11.8 Å². The molecule has 2 aromatic rings. The van der Waals surface area contributed by atoms with Crippen molar-refractivity contribution in [2.24, 2.45) is 11.8 Å². The molecule has 1 N–H and O–H groups in total. The molecule has 3 aliphatic rings. The highest BCUT2D eigenvalue weighted by Crippen LogP contribution is 2.55. The van der Waals surface area contributed by atoms with Crippen molar-refractivity contribution in [3.05, 3.63) is 59.6 Å². The molecule has 2 bridgehead atoms. The molecular formula is C27H34N2O2. The fourth-order valence-corrected chi connectivity index (χ4v) is 6.50. The Balaban J connectivity index is 1.55. The van der Waals surface area contributed by atoms with Crippen molar-refractivity contribution < 1.29 is 9.21 Å². The number of fused-ring (bicyclic) bond motifs is 1. The molecule has 1 aromatic carbocycles. The molecule has 31 heavy (non-hydrogen) atoms. The van der Waals surface area contributed by atoms with Crippen LogP contribution in [-0.2, 0) is 16.6 Å². The molecule has 0 unspecified atom stereocenters. The lowest BCUT2D eigenvalue weighted by Crippen LogP contribution is -2.59. The van der Waals surface area contributed by atoms with Crippen molar-refractivity contribution in [3.63, 3.8) is 0 Å². The van der Waals surface area contributed by atoms with Crippen LogP contribution < -0.4 is 10.2 Å². The first-order valence-electron chi connectivity index (χ1n) is 12.0. The van der Waals surface area contributed by atoms with Gasteiger partial charge in [0, 0.05) is 35.3 Å².